The number of benzene rings is 1. The second kappa shape index (κ2) is 5.21. The van der Waals surface area contributed by atoms with Gasteiger partial charge in [-0.25, -0.2) is 0 Å². The first kappa shape index (κ1) is 11.3. The third kappa shape index (κ3) is 2.87. The predicted molar refractivity (Wildman–Crippen MR) is 67.3 cm³/mol. The molecule has 4 heteroatoms. The SMILES string of the molecule is CCNc1ccc(NC(=O)c2ccco2)cc1. The first-order valence-electron chi connectivity index (χ1n) is 5.48. The van der Waals surface area contributed by atoms with Gasteiger partial charge in [0.2, 0.25) is 0 Å². The summed E-state index contributed by atoms with van der Waals surface area (Å²) in [5, 5.41) is 5.94. The number of hydrogen-bond acceptors (Lipinski definition) is 3. The van der Waals surface area contributed by atoms with Crippen molar-refractivity contribution in [3.63, 3.8) is 0 Å². The molecule has 88 valence electrons. The molecule has 0 aliphatic carbocycles. The quantitative estimate of drug-likeness (QED) is 0.849. The molecular formula is C13H14N2O2. The van der Waals surface area contributed by atoms with E-state index in [1.54, 1.807) is 12.1 Å². The third-order valence-corrected chi connectivity index (χ3v) is 2.27. The third-order valence-electron chi connectivity index (χ3n) is 2.27. The molecule has 4 nitrogen and oxygen atoms in total. The maximum atomic E-state index is 11.7. The number of rotatable bonds is 4. The van der Waals surface area contributed by atoms with Crippen LogP contribution in [-0.4, -0.2) is 12.5 Å². The Kier molecular flexibility index (Phi) is 3.45. The van der Waals surface area contributed by atoms with Crippen molar-refractivity contribution in [2.24, 2.45) is 0 Å². The molecule has 0 atom stereocenters. The molecule has 2 N–H and O–H groups in total. The van der Waals surface area contributed by atoms with E-state index in [-0.39, 0.29) is 5.91 Å². The Hall–Kier alpha value is -2.23. The second-order valence-corrected chi connectivity index (χ2v) is 3.54. The molecule has 0 unspecified atom stereocenters. The predicted octanol–water partition coefficient (Wildman–Crippen LogP) is 2.96. The fourth-order valence-electron chi connectivity index (χ4n) is 1.48. The number of furan rings is 1. The lowest BCUT2D eigenvalue weighted by molar-refractivity contribution is 0.0996. The molecule has 1 aromatic carbocycles. The lowest BCUT2D eigenvalue weighted by Crippen LogP contribution is -2.10. The molecule has 0 bridgehead atoms. The van der Waals surface area contributed by atoms with E-state index in [9.17, 15) is 4.79 Å². The minimum Gasteiger partial charge on any atom is -0.459 e. The summed E-state index contributed by atoms with van der Waals surface area (Å²) in [5.74, 6) is 0.0620. The minimum atomic E-state index is -0.244. The van der Waals surface area contributed by atoms with Crippen molar-refractivity contribution in [3.05, 3.63) is 48.4 Å². The van der Waals surface area contributed by atoms with Gasteiger partial charge in [0.05, 0.1) is 6.26 Å². The monoisotopic (exact) mass is 230 g/mol. The van der Waals surface area contributed by atoms with Crippen LogP contribution in [0.4, 0.5) is 11.4 Å². The zero-order valence-electron chi connectivity index (χ0n) is 9.57. The molecule has 1 aromatic heterocycles. The Bertz CT molecular complexity index is 475. The Morgan fingerprint density at radius 3 is 2.47 bits per heavy atom. The van der Waals surface area contributed by atoms with E-state index in [2.05, 4.69) is 10.6 Å². The number of carbonyl (C=O) groups excluding carboxylic acids is 1. The van der Waals surface area contributed by atoms with Gasteiger partial charge in [-0.15, -0.1) is 0 Å². The van der Waals surface area contributed by atoms with Crippen LogP contribution in [0, 0.1) is 0 Å². The van der Waals surface area contributed by atoms with Gasteiger partial charge >= 0.3 is 0 Å². The summed E-state index contributed by atoms with van der Waals surface area (Å²) >= 11 is 0. The fourth-order valence-corrected chi connectivity index (χ4v) is 1.48. The van der Waals surface area contributed by atoms with Crippen LogP contribution in [0.1, 0.15) is 17.5 Å². The van der Waals surface area contributed by atoms with Gasteiger partial charge in [0.15, 0.2) is 5.76 Å². The van der Waals surface area contributed by atoms with Gasteiger partial charge in [0, 0.05) is 17.9 Å². The smallest absolute Gasteiger partial charge is 0.291 e. The van der Waals surface area contributed by atoms with Gasteiger partial charge in [-0.2, -0.15) is 0 Å². The van der Waals surface area contributed by atoms with Crippen LogP contribution in [0.25, 0.3) is 0 Å². The minimum absolute atomic E-state index is 0.244. The number of nitrogens with one attached hydrogen (secondary N) is 2. The molecule has 0 radical (unpaired) electrons. The molecular weight excluding hydrogens is 216 g/mol. The first-order valence-corrected chi connectivity index (χ1v) is 5.48. The summed E-state index contributed by atoms with van der Waals surface area (Å²) in [6.45, 7) is 2.91. The van der Waals surface area contributed by atoms with Crippen LogP contribution >= 0.6 is 0 Å². The Labute approximate surface area is 99.6 Å². The van der Waals surface area contributed by atoms with Gasteiger partial charge in [-0.1, -0.05) is 0 Å². The molecule has 0 spiro atoms. The number of hydrogen-bond donors (Lipinski definition) is 2. The van der Waals surface area contributed by atoms with E-state index in [4.69, 9.17) is 4.42 Å². The average Bonchev–Trinajstić information content (AvgIpc) is 2.86. The van der Waals surface area contributed by atoms with Crippen molar-refractivity contribution in [1.29, 1.82) is 0 Å². The van der Waals surface area contributed by atoms with Crippen molar-refractivity contribution in [1.82, 2.24) is 0 Å². The van der Waals surface area contributed by atoms with Gasteiger partial charge in [-0.05, 0) is 43.3 Å². The summed E-state index contributed by atoms with van der Waals surface area (Å²) in [6.07, 6.45) is 1.48. The summed E-state index contributed by atoms with van der Waals surface area (Å²) in [5.41, 5.74) is 1.77. The van der Waals surface area contributed by atoms with Crippen molar-refractivity contribution in [3.8, 4) is 0 Å². The molecule has 2 rings (SSSR count). The van der Waals surface area contributed by atoms with Gasteiger partial charge in [0.1, 0.15) is 0 Å². The number of amides is 1. The van der Waals surface area contributed by atoms with Crippen LogP contribution in [0.3, 0.4) is 0 Å². The van der Waals surface area contributed by atoms with Crippen LogP contribution < -0.4 is 10.6 Å². The van der Waals surface area contributed by atoms with Crippen LogP contribution in [-0.2, 0) is 0 Å². The summed E-state index contributed by atoms with van der Waals surface area (Å²) in [7, 11) is 0. The molecule has 0 saturated heterocycles. The molecule has 17 heavy (non-hydrogen) atoms. The van der Waals surface area contributed by atoms with E-state index in [0.717, 1.165) is 17.9 Å². The highest BCUT2D eigenvalue weighted by molar-refractivity contribution is 6.02. The first-order chi connectivity index (χ1) is 8.29. The van der Waals surface area contributed by atoms with Crippen molar-refractivity contribution in [2.75, 3.05) is 17.2 Å². The molecule has 0 fully saturated rings. The Morgan fingerprint density at radius 1 is 1.18 bits per heavy atom. The van der Waals surface area contributed by atoms with E-state index in [0.29, 0.717) is 5.76 Å². The highest BCUT2D eigenvalue weighted by atomic mass is 16.3. The van der Waals surface area contributed by atoms with Crippen LogP contribution in [0.5, 0.6) is 0 Å². The largest absolute Gasteiger partial charge is 0.459 e. The molecule has 0 aliphatic heterocycles. The highest BCUT2D eigenvalue weighted by Crippen LogP contribution is 2.14. The zero-order valence-corrected chi connectivity index (χ0v) is 9.57. The highest BCUT2D eigenvalue weighted by Gasteiger charge is 2.07. The number of carbonyl (C=O) groups is 1. The maximum absolute atomic E-state index is 11.7. The van der Waals surface area contributed by atoms with Crippen LogP contribution in [0.15, 0.2) is 47.1 Å². The molecule has 0 aliphatic rings. The van der Waals surface area contributed by atoms with Crippen LogP contribution in [0.2, 0.25) is 0 Å². The van der Waals surface area contributed by atoms with Gasteiger partial charge in [0.25, 0.3) is 5.91 Å². The van der Waals surface area contributed by atoms with Crippen molar-refractivity contribution >= 4 is 17.3 Å². The average molecular weight is 230 g/mol. The molecule has 1 amide bonds. The van der Waals surface area contributed by atoms with Gasteiger partial charge in [-0.3, -0.25) is 4.79 Å². The molecule has 0 saturated carbocycles. The van der Waals surface area contributed by atoms with E-state index in [1.807, 2.05) is 31.2 Å². The molecule has 2 aromatic rings. The zero-order chi connectivity index (χ0) is 12.1. The molecule has 1 heterocycles. The van der Waals surface area contributed by atoms with E-state index >= 15 is 0 Å². The van der Waals surface area contributed by atoms with Crippen molar-refractivity contribution in [2.45, 2.75) is 6.92 Å². The lowest BCUT2D eigenvalue weighted by atomic mass is 10.2. The van der Waals surface area contributed by atoms with E-state index in [1.165, 1.54) is 6.26 Å². The standard InChI is InChI=1S/C13H14N2O2/c1-2-14-10-5-7-11(8-6-10)15-13(16)12-4-3-9-17-12/h3-9,14H,2H2,1H3,(H,15,16). The lowest BCUT2D eigenvalue weighted by Gasteiger charge is -2.06. The Morgan fingerprint density at radius 2 is 1.88 bits per heavy atom. The second-order valence-electron chi connectivity index (χ2n) is 3.54. The topological polar surface area (TPSA) is 54.3 Å². The normalized spacial score (nSPS) is 9.94. The number of anilines is 2. The summed E-state index contributed by atoms with van der Waals surface area (Å²) in [4.78, 5) is 11.7. The Balaban J connectivity index is 2.01. The summed E-state index contributed by atoms with van der Waals surface area (Å²) < 4.78 is 5.01. The van der Waals surface area contributed by atoms with Gasteiger partial charge < -0.3 is 15.1 Å². The van der Waals surface area contributed by atoms with Crippen molar-refractivity contribution < 1.29 is 9.21 Å². The maximum Gasteiger partial charge on any atom is 0.291 e. The summed E-state index contributed by atoms with van der Waals surface area (Å²) in [6, 6.07) is 10.8. The van der Waals surface area contributed by atoms with E-state index < -0.39 is 0 Å². The fraction of sp³-hybridized carbons (Fsp3) is 0.154.